The van der Waals surface area contributed by atoms with Gasteiger partial charge in [0.15, 0.2) is 5.65 Å². The van der Waals surface area contributed by atoms with E-state index in [1.807, 2.05) is 4.52 Å². The van der Waals surface area contributed by atoms with E-state index in [0.29, 0.717) is 6.61 Å². The van der Waals surface area contributed by atoms with Crippen molar-refractivity contribution in [3.8, 4) is 0 Å². The number of hydrogen-bond donors (Lipinski definition) is 2. The second-order valence-electron chi connectivity index (χ2n) is 8.23. The Kier molecular flexibility index (Phi) is 4.70. The van der Waals surface area contributed by atoms with Crippen molar-refractivity contribution in [2.75, 3.05) is 44.7 Å². The Labute approximate surface area is 167 Å². The number of thiophene rings is 1. The van der Waals surface area contributed by atoms with E-state index >= 15 is 0 Å². The molecular formula is C19H27N6O2S+. The van der Waals surface area contributed by atoms with Crippen LogP contribution in [-0.2, 0) is 22.5 Å². The third-order valence-corrected chi connectivity index (χ3v) is 6.74. The molecule has 2 aliphatic rings. The van der Waals surface area contributed by atoms with Crippen molar-refractivity contribution in [3.05, 3.63) is 16.8 Å². The van der Waals surface area contributed by atoms with Crippen LogP contribution in [0.3, 0.4) is 0 Å². The molecule has 150 valence electrons. The first-order valence-corrected chi connectivity index (χ1v) is 10.9. The number of nitrogens with zero attached hydrogens (tertiary/aromatic N) is 4. The van der Waals surface area contributed by atoms with E-state index in [1.165, 1.54) is 10.4 Å². The molecule has 0 aromatic carbocycles. The van der Waals surface area contributed by atoms with Crippen LogP contribution < -0.4 is 10.2 Å². The van der Waals surface area contributed by atoms with Crippen LogP contribution in [0.25, 0.3) is 15.9 Å². The van der Waals surface area contributed by atoms with E-state index in [-0.39, 0.29) is 5.60 Å². The van der Waals surface area contributed by atoms with Crippen LogP contribution in [0.5, 0.6) is 0 Å². The first-order valence-electron chi connectivity index (χ1n) is 10.0. The van der Waals surface area contributed by atoms with Crippen molar-refractivity contribution in [2.24, 2.45) is 0 Å². The van der Waals surface area contributed by atoms with Crippen LogP contribution in [0, 0.1) is 0 Å². The lowest BCUT2D eigenvalue weighted by Crippen LogP contribution is -3.14. The number of nitrogens with one attached hydrogen (secondary N) is 2. The predicted molar refractivity (Wildman–Crippen MR) is 108 cm³/mol. The van der Waals surface area contributed by atoms with Crippen molar-refractivity contribution < 1.29 is 14.4 Å². The Hall–Kier alpha value is -1.81. The maximum Gasteiger partial charge on any atom is 0.227 e. The molecule has 0 atom stereocenters. The molecule has 0 bridgehead atoms. The molecule has 9 heteroatoms. The van der Waals surface area contributed by atoms with Gasteiger partial charge < -0.3 is 19.7 Å². The highest BCUT2D eigenvalue weighted by molar-refractivity contribution is 7.19. The van der Waals surface area contributed by atoms with Crippen molar-refractivity contribution in [3.63, 3.8) is 0 Å². The van der Waals surface area contributed by atoms with Crippen molar-refractivity contribution in [1.29, 1.82) is 0 Å². The van der Waals surface area contributed by atoms with Gasteiger partial charge in [0.25, 0.3) is 0 Å². The summed E-state index contributed by atoms with van der Waals surface area (Å²) in [5.74, 6) is 0.774. The normalized spacial score (nSPS) is 19.9. The van der Waals surface area contributed by atoms with Crippen LogP contribution >= 0.6 is 11.3 Å². The second-order valence-corrected chi connectivity index (χ2v) is 9.32. The quantitative estimate of drug-likeness (QED) is 0.617. The summed E-state index contributed by atoms with van der Waals surface area (Å²) in [7, 11) is 0. The van der Waals surface area contributed by atoms with Gasteiger partial charge in [-0.2, -0.15) is 9.61 Å². The molecule has 0 spiro atoms. The maximum atomic E-state index is 6.00. The van der Waals surface area contributed by atoms with E-state index in [1.54, 1.807) is 22.6 Å². The number of aromatic nitrogens is 4. The highest BCUT2D eigenvalue weighted by Gasteiger charge is 2.31. The van der Waals surface area contributed by atoms with Crippen LogP contribution in [0.2, 0.25) is 0 Å². The molecule has 28 heavy (non-hydrogen) atoms. The minimum atomic E-state index is -0.156. The Morgan fingerprint density at radius 2 is 2.18 bits per heavy atom. The first-order chi connectivity index (χ1) is 13.6. The number of hydrogen-bond acceptors (Lipinski definition) is 7. The van der Waals surface area contributed by atoms with Crippen molar-refractivity contribution >= 4 is 33.1 Å². The smallest absolute Gasteiger partial charge is 0.227 e. The number of morpholine rings is 1. The van der Waals surface area contributed by atoms with Gasteiger partial charge in [-0.1, -0.05) is 0 Å². The molecule has 2 aliphatic heterocycles. The molecule has 0 unspecified atom stereocenters. The summed E-state index contributed by atoms with van der Waals surface area (Å²) in [4.78, 5) is 13.4. The number of anilines is 1. The number of fused-ring (bicyclic) bond motifs is 5. The molecule has 8 nitrogen and oxygen atoms in total. The van der Waals surface area contributed by atoms with E-state index in [2.05, 4.69) is 29.2 Å². The summed E-state index contributed by atoms with van der Waals surface area (Å²) < 4.78 is 13.3. The summed E-state index contributed by atoms with van der Waals surface area (Å²) in [6.07, 6.45) is 3.59. The van der Waals surface area contributed by atoms with E-state index in [4.69, 9.17) is 14.5 Å². The lowest BCUT2D eigenvalue weighted by molar-refractivity contribution is -0.908. The zero-order valence-corrected chi connectivity index (χ0v) is 17.3. The Morgan fingerprint density at radius 1 is 1.32 bits per heavy atom. The van der Waals surface area contributed by atoms with Crippen LogP contribution in [0.1, 0.15) is 30.7 Å². The SMILES string of the molecule is CC1(C)Cc2c(sc3nc(NCCC[NH+]4CCOCC4)n4ncnc4c23)CO1. The average molecular weight is 404 g/mol. The largest absolute Gasteiger partial charge is 0.370 e. The molecular weight excluding hydrogens is 376 g/mol. The van der Waals surface area contributed by atoms with Gasteiger partial charge in [0.05, 0.1) is 37.4 Å². The summed E-state index contributed by atoms with van der Waals surface area (Å²) in [6, 6.07) is 0. The van der Waals surface area contributed by atoms with Gasteiger partial charge in [-0.05, 0) is 19.4 Å². The second kappa shape index (κ2) is 7.22. The molecule has 5 rings (SSSR count). The standard InChI is InChI=1S/C19H26N6O2S/c1-19(2)10-13-14(11-27-19)28-17-15(13)16-21-12-22-25(16)18(23-17)20-4-3-5-24-6-8-26-9-7-24/h12H,3-11H2,1-2H3,(H,20,23)/p+1. The maximum absolute atomic E-state index is 6.00. The van der Waals surface area contributed by atoms with Crippen molar-refractivity contribution in [2.45, 2.75) is 38.9 Å². The van der Waals surface area contributed by atoms with Gasteiger partial charge in [0, 0.05) is 24.3 Å². The van der Waals surface area contributed by atoms with Gasteiger partial charge in [-0.15, -0.1) is 11.3 Å². The average Bonchev–Trinajstić information content (AvgIpc) is 3.29. The lowest BCUT2D eigenvalue weighted by atomic mass is 9.94. The molecule has 3 aromatic heterocycles. The van der Waals surface area contributed by atoms with E-state index < -0.39 is 0 Å². The fourth-order valence-electron chi connectivity index (χ4n) is 4.12. The van der Waals surface area contributed by atoms with Gasteiger partial charge in [-0.3, -0.25) is 0 Å². The van der Waals surface area contributed by atoms with Gasteiger partial charge in [-0.25, -0.2) is 9.97 Å². The van der Waals surface area contributed by atoms with Gasteiger partial charge in [0.1, 0.15) is 24.2 Å². The summed E-state index contributed by atoms with van der Waals surface area (Å²) in [5.41, 5.74) is 2.06. The highest BCUT2D eigenvalue weighted by atomic mass is 32.1. The fourth-order valence-corrected chi connectivity index (χ4v) is 5.22. The highest BCUT2D eigenvalue weighted by Crippen LogP contribution is 2.40. The molecule has 0 radical (unpaired) electrons. The third-order valence-electron chi connectivity index (χ3n) is 5.64. The van der Waals surface area contributed by atoms with Crippen LogP contribution in [-0.4, -0.2) is 64.6 Å². The zero-order chi connectivity index (χ0) is 19.1. The fraction of sp³-hybridized carbons (Fsp3) is 0.632. The number of rotatable bonds is 5. The topological polar surface area (TPSA) is 78.0 Å². The zero-order valence-electron chi connectivity index (χ0n) is 16.5. The summed E-state index contributed by atoms with van der Waals surface area (Å²) >= 11 is 1.72. The predicted octanol–water partition coefficient (Wildman–Crippen LogP) is 0.907. The van der Waals surface area contributed by atoms with E-state index in [0.717, 1.165) is 74.0 Å². The third kappa shape index (κ3) is 3.36. The summed E-state index contributed by atoms with van der Waals surface area (Å²) in [5, 5.41) is 9.05. The Balaban J connectivity index is 1.38. The first kappa shape index (κ1) is 18.2. The molecule has 2 N–H and O–H groups in total. The van der Waals surface area contributed by atoms with Gasteiger partial charge >= 0.3 is 0 Å². The van der Waals surface area contributed by atoms with Crippen molar-refractivity contribution in [1.82, 2.24) is 19.6 Å². The monoisotopic (exact) mass is 403 g/mol. The Bertz CT molecular complexity index is 991. The molecule has 0 saturated carbocycles. The molecule has 1 saturated heterocycles. The number of ether oxygens (including phenoxy) is 2. The van der Waals surface area contributed by atoms with Gasteiger partial charge in [0.2, 0.25) is 5.95 Å². The molecule has 0 amide bonds. The molecule has 5 heterocycles. The number of quaternary nitrogens is 1. The minimum Gasteiger partial charge on any atom is -0.370 e. The minimum absolute atomic E-state index is 0.156. The Morgan fingerprint density at radius 3 is 3.04 bits per heavy atom. The molecule has 0 aliphatic carbocycles. The lowest BCUT2D eigenvalue weighted by Gasteiger charge is -2.30. The van der Waals surface area contributed by atoms with Crippen LogP contribution in [0.15, 0.2) is 6.33 Å². The summed E-state index contributed by atoms with van der Waals surface area (Å²) in [6.45, 7) is 10.9. The van der Waals surface area contributed by atoms with E-state index in [9.17, 15) is 0 Å². The van der Waals surface area contributed by atoms with Crippen LogP contribution in [0.4, 0.5) is 5.95 Å². The molecule has 1 fully saturated rings. The molecule has 3 aromatic rings.